The van der Waals surface area contributed by atoms with Crippen LogP contribution in [0.4, 0.5) is 0 Å². The fourth-order valence-electron chi connectivity index (χ4n) is 5.85. The van der Waals surface area contributed by atoms with Gasteiger partial charge >= 0.3 is 5.97 Å². The van der Waals surface area contributed by atoms with E-state index in [2.05, 4.69) is 54.6 Å². The predicted molar refractivity (Wildman–Crippen MR) is 161 cm³/mol. The normalized spacial score (nSPS) is 29.3. The summed E-state index contributed by atoms with van der Waals surface area (Å²) < 4.78 is 43.1. The van der Waals surface area contributed by atoms with Crippen molar-refractivity contribution in [3.8, 4) is 0 Å². The molecule has 0 bridgehead atoms. The Bertz CT molecular complexity index is 951. The molecule has 9 heteroatoms. The lowest BCUT2D eigenvalue weighted by molar-refractivity contribution is -0.322. The minimum atomic E-state index is -1.89. The molecule has 234 valence electrons. The quantitative estimate of drug-likeness (QED) is 0.147. The van der Waals surface area contributed by atoms with Gasteiger partial charge in [0, 0.05) is 51.4 Å². The van der Waals surface area contributed by atoms with Crippen LogP contribution in [0, 0.1) is 17.8 Å². The highest BCUT2D eigenvalue weighted by Crippen LogP contribution is 2.46. The third-order valence-electron chi connectivity index (χ3n) is 9.39. The summed E-state index contributed by atoms with van der Waals surface area (Å²) in [5.74, 6) is -0.844. The fourth-order valence-corrected chi connectivity index (χ4v) is 6.96. The molecule has 0 N–H and O–H groups in total. The van der Waals surface area contributed by atoms with E-state index >= 15 is 0 Å². The Labute approximate surface area is 248 Å². The molecule has 0 unspecified atom stereocenters. The Morgan fingerprint density at radius 3 is 2.41 bits per heavy atom. The van der Waals surface area contributed by atoms with Crippen molar-refractivity contribution in [2.45, 2.75) is 109 Å². The Kier molecular flexibility index (Phi) is 12.0. The minimum Gasteiger partial charge on any atom is -0.459 e. The molecule has 2 aliphatic rings. The Morgan fingerprint density at radius 2 is 1.80 bits per heavy atom. The number of carbonyl (C=O) groups excluding carboxylic acids is 1. The molecular formula is C32H54O8Si. The zero-order valence-electron chi connectivity index (χ0n) is 26.9. The molecule has 8 nitrogen and oxygen atoms in total. The number of esters is 1. The highest BCUT2D eigenvalue weighted by molar-refractivity contribution is 6.74. The number of ether oxygens (including phenoxy) is 6. The standard InChI is InChI=1S/C32H54O8Si/c1-22(19-38-41(9,10)31(4,5)6)28(35-8)24(3)29-23(2)27(37-21-34-7)18-32(40-29)17-16-26(39-32)20-36-30(33)25-14-12-11-13-15-25/h11-15,22-24,26-29H,16-21H2,1-10H3/t22-,23-,24+,26-,27+,28+,29+,32+/m1/s1. The first-order valence-electron chi connectivity index (χ1n) is 15.1. The Hall–Kier alpha value is -1.33. The van der Waals surface area contributed by atoms with Crippen molar-refractivity contribution in [3.63, 3.8) is 0 Å². The van der Waals surface area contributed by atoms with E-state index in [-0.39, 0.29) is 66.6 Å². The molecule has 2 heterocycles. The summed E-state index contributed by atoms with van der Waals surface area (Å²) in [5, 5.41) is 0.145. The summed E-state index contributed by atoms with van der Waals surface area (Å²) in [4.78, 5) is 12.5. The molecule has 0 aliphatic carbocycles. The zero-order valence-corrected chi connectivity index (χ0v) is 27.9. The van der Waals surface area contributed by atoms with E-state index in [4.69, 9.17) is 32.8 Å². The van der Waals surface area contributed by atoms with Gasteiger partial charge in [0.15, 0.2) is 14.1 Å². The van der Waals surface area contributed by atoms with Crippen molar-refractivity contribution in [2.75, 3.05) is 34.2 Å². The van der Waals surface area contributed by atoms with E-state index in [0.717, 1.165) is 6.42 Å². The fraction of sp³-hybridized carbons (Fsp3) is 0.781. The summed E-state index contributed by atoms with van der Waals surface area (Å²) in [6.07, 6.45) is 1.42. The van der Waals surface area contributed by atoms with Crippen LogP contribution >= 0.6 is 0 Å². The average molecular weight is 595 g/mol. The Balaban J connectivity index is 1.70. The summed E-state index contributed by atoms with van der Waals surface area (Å²) in [6.45, 7) is 18.9. The molecule has 0 aromatic heterocycles. The largest absolute Gasteiger partial charge is 0.459 e. The van der Waals surface area contributed by atoms with Gasteiger partial charge < -0.3 is 32.8 Å². The van der Waals surface area contributed by atoms with E-state index in [1.807, 2.05) is 18.2 Å². The molecule has 0 saturated carbocycles. The summed E-state index contributed by atoms with van der Waals surface area (Å²) in [5.41, 5.74) is 0.530. The second-order valence-electron chi connectivity index (χ2n) is 13.5. The molecule has 2 aliphatic heterocycles. The van der Waals surface area contributed by atoms with Crippen LogP contribution in [-0.2, 0) is 32.8 Å². The van der Waals surface area contributed by atoms with Crippen molar-refractivity contribution in [1.82, 2.24) is 0 Å². The van der Waals surface area contributed by atoms with Crippen LogP contribution in [0.1, 0.15) is 71.2 Å². The van der Waals surface area contributed by atoms with Crippen LogP contribution in [0.3, 0.4) is 0 Å². The number of hydrogen-bond donors (Lipinski definition) is 0. The van der Waals surface area contributed by atoms with Crippen molar-refractivity contribution >= 4 is 14.3 Å². The number of benzene rings is 1. The lowest BCUT2D eigenvalue weighted by Crippen LogP contribution is -2.56. The number of methoxy groups -OCH3 is 2. The first-order chi connectivity index (χ1) is 19.2. The SMILES string of the molecule is COCO[C@H]1C[C@]2(CC[C@H](COC(=O)c3ccccc3)O2)O[C@H]([C@@H](C)[C@@H](OC)[C@H](C)CO[Si](C)(C)C(C)(C)C)[C@@H]1C. The molecule has 2 fully saturated rings. The average Bonchev–Trinajstić information content (AvgIpc) is 3.33. The summed E-state index contributed by atoms with van der Waals surface area (Å²) in [6, 6.07) is 9.02. The number of carbonyl (C=O) groups is 1. The van der Waals surface area contributed by atoms with Gasteiger partial charge in [-0.3, -0.25) is 0 Å². The zero-order chi connectivity index (χ0) is 30.4. The first-order valence-corrected chi connectivity index (χ1v) is 18.0. The molecule has 0 amide bonds. The predicted octanol–water partition coefficient (Wildman–Crippen LogP) is 6.44. The van der Waals surface area contributed by atoms with Crippen LogP contribution in [0.15, 0.2) is 30.3 Å². The Morgan fingerprint density at radius 1 is 1.12 bits per heavy atom. The maximum absolute atomic E-state index is 12.5. The maximum atomic E-state index is 12.5. The van der Waals surface area contributed by atoms with Crippen LogP contribution in [0.5, 0.6) is 0 Å². The molecule has 2 saturated heterocycles. The van der Waals surface area contributed by atoms with Gasteiger partial charge in [-0.05, 0) is 36.7 Å². The van der Waals surface area contributed by atoms with Gasteiger partial charge in [0.25, 0.3) is 0 Å². The summed E-state index contributed by atoms with van der Waals surface area (Å²) >= 11 is 0. The van der Waals surface area contributed by atoms with E-state index in [9.17, 15) is 4.79 Å². The second kappa shape index (κ2) is 14.4. The van der Waals surface area contributed by atoms with E-state index in [0.29, 0.717) is 25.0 Å². The minimum absolute atomic E-state index is 0.0531. The van der Waals surface area contributed by atoms with E-state index in [1.54, 1.807) is 26.4 Å². The lowest BCUT2D eigenvalue weighted by Gasteiger charge is -2.49. The van der Waals surface area contributed by atoms with Gasteiger partial charge in [0.05, 0.1) is 30.0 Å². The number of rotatable bonds is 13. The van der Waals surface area contributed by atoms with Gasteiger partial charge in [0.2, 0.25) is 0 Å². The highest BCUT2D eigenvalue weighted by Gasteiger charge is 2.53. The van der Waals surface area contributed by atoms with Gasteiger partial charge in [-0.2, -0.15) is 0 Å². The van der Waals surface area contributed by atoms with Crippen molar-refractivity contribution in [2.24, 2.45) is 17.8 Å². The second-order valence-corrected chi connectivity index (χ2v) is 18.3. The van der Waals surface area contributed by atoms with Crippen LogP contribution in [0.2, 0.25) is 18.1 Å². The van der Waals surface area contributed by atoms with Crippen LogP contribution in [0.25, 0.3) is 0 Å². The summed E-state index contributed by atoms with van der Waals surface area (Å²) in [7, 11) is 1.52. The molecular weight excluding hydrogens is 540 g/mol. The molecule has 0 radical (unpaired) electrons. The molecule has 41 heavy (non-hydrogen) atoms. The molecule has 1 aromatic carbocycles. The topological polar surface area (TPSA) is 81.7 Å². The van der Waals surface area contributed by atoms with Gasteiger partial charge in [0.1, 0.15) is 13.4 Å². The third kappa shape index (κ3) is 8.62. The van der Waals surface area contributed by atoms with Crippen LogP contribution in [-0.4, -0.2) is 78.7 Å². The maximum Gasteiger partial charge on any atom is 0.338 e. The third-order valence-corrected chi connectivity index (χ3v) is 13.9. The molecule has 1 aromatic rings. The monoisotopic (exact) mass is 594 g/mol. The van der Waals surface area contributed by atoms with Gasteiger partial charge in [-0.25, -0.2) is 4.79 Å². The first kappa shape index (κ1) is 34.2. The van der Waals surface area contributed by atoms with Gasteiger partial charge in [-0.1, -0.05) is 59.7 Å². The lowest BCUT2D eigenvalue weighted by atomic mass is 9.78. The van der Waals surface area contributed by atoms with E-state index in [1.165, 1.54) is 0 Å². The van der Waals surface area contributed by atoms with Crippen molar-refractivity contribution < 1.29 is 37.6 Å². The highest BCUT2D eigenvalue weighted by atomic mass is 28.4. The number of hydrogen-bond acceptors (Lipinski definition) is 8. The van der Waals surface area contributed by atoms with Crippen LogP contribution < -0.4 is 0 Å². The molecule has 1 spiro atoms. The van der Waals surface area contributed by atoms with Gasteiger partial charge in [-0.15, -0.1) is 0 Å². The van der Waals surface area contributed by atoms with Crippen molar-refractivity contribution in [1.29, 1.82) is 0 Å². The molecule has 8 atom stereocenters. The van der Waals surface area contributed by atoms with E-state index < -0.39 is 14.1 Å². The molecule has 3 rings (SSSR count). The van der Waals surface area contributed by atoms with Crippen molar-refractivity contribution in [3.05, 3.63) is 35.9 Å². The smallest absolute Gasteiger partial charge is 0.338 e.